The largest absolute Gasteiger partial charge is 0.376 e. The quantitative estimate of drug-likeness (QED) is 0.661. The first-order valence-corrected chi connectivity index (χ1v) is 10.1. The van der Waals surface area contributed by atoms with Crippen molar-refractivity contribution in [3.63, 3.8) is 0 Å². The summed E-state index contributed by atoms with van der Waals surface area (Å²) in [5.74, 6) is 0.222. The minimum absolute atomic E-state index is 0.0838. The van der Waals surface area contributed by atoms with E-state index in [0.29, 0.717) is 30.1 Å². The zero-order valence-electron chi connectivity index (χ0n) is 16.8. The molecule has 8 heteroatoms. The van der Waals surface area contributed by atoms with Crippen molar-refractivity contribution in [2.24, 2.45) is 7.05 Å². The summed E-state index contributed by atoms with van der Waals surface area (Å²) in [4.78, 5) is 22.5. The second-order valence-electron chi connectivity index (χ2n) is 7.55. The van der Waals surface area contributed by atoms with E-state index >= 15 is 0 Å². The van der Waals surface area contributed by atoms with Crippen LogP contribution in [0.4, 0.5) is 10.3 Å². The molecule has 154 valence electrons. The fraction of sp³-hybridized carbons (Fsp3) is 0.476. The second kappa shape index (κ2) is 8.32. The molecule has 0 bridgehead atoms. The van der Waals surface area contributed by atoms with Gasteiger partial charge in [-0.05, 0) is 37.0 Å². The second-order valence-corrected chi connectivity index (χ2v) is 7.55. The summed E-state index contributed by atoms with van der Waals surface area (Å²) in [5.41, 5.74) is 2.68. The summed E-state index contributed by atoms with van der Waals surface area (Å²) >= 11 is 0. The summed E-state index contributed by atoms with van der Waals surface area (Å²) < 4.78 is 20.7. The maximum atomic E-state index is 13.3. The Balaban J connectivity index is 1.73. The molecule has 29 heavy (non-hydrogen) atoms. The molecule has 1 aliphatic heterocycles. The predicted molar refractivity (Wildman–Crippen MR) is 110 cm³/mol. The number of halogens is 1. The van der Waals surface area contributed by atoms with E-state index in [9.17, 15) is 9.18 Å². The van der Waals surface area contributed by atoms with Crippen LogP contribution in [0.5, 0.6) is 0 Å². The van der Waals surface area contributed by atoms with Crippen molar-refractivity contribution < 1.29 is 9.13 Å². The lowest BCUT2D eigenvalue weighted by Crippen LogP contribution is -2.34. The van der Waals surface area contributed by atoms with Gasteiger partial charge >= 0.3 is 0 Å². The summed E-state index contributed by atoms with van der Waals surface area (Å²) in [6, 6.07) is 6.39. The van der Waals surface area contributed by atoms with Crippen LogP contribution in [-0.2, 0) is 24.8 Å². The van der Waals surface area contributed by atoms with Gasteiger partial charge in [0.15, 0.2) is 5.52 Å². The number of nitrogens with one attached hydrogen (secondary N) is 1. The highest BCUT2D eigenvalue weighted by Crippen LogP contribution is 2.21. The van der Waals surface area contributed by atoms with Gasteiger partial charge in [-0.15, -0.1) is 0 Å². The molecule has 0 saturated carbocycles. The Labute approximate surface area is 168 Å². The molecule has 1 aliphatic rings. The molecule has 0 amide bonds. The van der Waals surface area contributed by atoms with E-state index in [2.05, 4.69) is 17.0 Å². The van der Waals surface area contributed by atoms with Crippen LogP contribution in [0.1, 0.15) is 37.4 Å². The number of ether oxygens (including phenoxy) is 1. The molecule has 4 rings (SSSR count). The van der Waals surface area contributed by atoms with Gasteiger partial charge in [-0.25, -0.2) is 9.37 Å². The fourth-order valence-electron chi connectivity index (χ4n) is 3.86. The van der Waals surface area contributed by atoms with Crippen LogP contribution >= 0.6 is 0 Å². The Kier molecular flexibility index (Phi) is 5.62. The number of benzene rings is 1. The zero-order valence-corrected chi connectivity index (χ0v) is 16.8. The van der Waals surface area contributed by atoms with Crippen molar-refractivity contribution in [3.05, 3.63) is 51.7 Å². The maximum Gasteiger partial charge on any atom is 0.278 e. The topological polar surface area (TPSA) is 76.0 Å². The van der Waals surface area contributed by atoms with Gasteiger partial charge < -0.3 is 9.64 Å². The number of rotatable bonds is 7. The Morgan fingerprint density at radius 1 is 1.34 bits per heavy atom. The number of hydrogen-bond acceptors (Lipinski definition) is 5. The molecule has 1 N–H and O–H groups in total. The molecular weight excluding hydrogens is 373 g/mol. The Morgan fingerprint density at radius 3 is 2.83 bits per heavy atom. The molecule has 1 saturated heterocycles. The summed E-state index contributed by atoms with van der Waals surface area (Å²) in [6.07, 6.45) is 3.77. The molecule has 3 heterocycles. The average Bonchev–Trinajstić information content (AvgIpc) is 3.31. The highest BCUT2D eigenvalue weighted by molar-refractivity contribution is 5.77. The molecular formula is C21H26FN5O2. The molecule has 1 aromatic carbocycles. The number of fused-ring (bicyclic) bond motifs is 1. The van der Waals surface area contributed by atoms with Crippen molar-refractivity contribution >= 4 is 17.0 Å². The van der Waals surface area contributed by atoms with Crippen LogP contribution in [0.15, 0.2) is 29.1 Å². The molecule has 0 radical (unpaired) electrons. The van der Waals surface area contributed by atoms with Crippen LogP contribution in [0.25, 0.3) is 11.0 Å². The molecule has 1 fully saturated rings. The molecule has 1 unspecified atom stereocenters. The van der Waals surface area contributed by atoms with Gasteiger partial charge in [-0.3, -0.25) is 14.5 Å². The van der Waals surface area contributed by atoms with Gasteiger partial charge in [0, 0.05) is 26.7 Å². The third-order valence-electron chi connectivity index (χ3n) is 5.27. The van der Waals surface area contributed by atoms with Gasteiger partial charge in [0.1, 0.15) is 11.3 Å². The molecule has 1 atom stereocenters. The number of aryl methyl sites for hydroxylation is 2. The third-order valence-corrected chi connectivity index (χ3v) is 5.27. The Morgan fingerprint density at radius 2 is 2.14 bits per heavy atom. The standard InChI is InChI=1S/C21H26FN5O2/c1-3-5-17-18-19(26(2)25-17)20(28)24-21(23-18)27(13-16-6-4-11-29-16)12-14-7-9-15(22)10-8-14/h7-10,16H,3-6,11-13H2,1-2H3,(H,23,24,28). The van der Waals surface area contributed by atoms with Crippen LogP contribution in [-0.4, -0.2) is 39.0 Å². The lowest BCUT2D eigenvalue weighted by atomic mass is 10.2. The van der Waals surface area contributed by atoms with E-state index in [4.69, 9.17) is 9.72 Å². The van der Waals surface area contributed by atoms with Gasteiger partial charge in [-0.1, -0.05) is 25.5 Å². The first kappa shape index (κ1) is 19.6. The third kappa shape index (κ3) is 4.17. The zero-order chi connectivity index (χ0) is 20.4. The number of aromatic nitrogens is 4. The molecule has 0 aliphatic carbocycles. The van der Waals surface area contributed by atoms with Gasteiger partial charge in [-0.2, -0.15) is 5.10 Å². The fourth-order valence-corrected chi connectivity index (χ4v) is 3.86. The smallest absolute Gasteiger partial charge is 0.278 e. The van der Waals surface area contributed by atoms with E-state index in [1.807, 2.05) is 4.90 Å². The average molecular weight is 399 g/mol. The van der Waals surface area contributed by atoms with E-state index in [1.165, 1.54) is 12.1 Å². The SMILES string of the molecule is CCCc1nn(C)c2c(=O)[nH]c(N(Cc3ccc(F)cc3)CC3CCCO3)nc12. The molecule has 2 aromatic heterocycles. The monoisotopic (exact) mass is 399 g/mol. The van der Waals surface area contributed by atoms with E-state index in [1.54, 1.807) is 23.9 Å². The summed E-state index contributed by atoms with van der Waals surface area (Å²) in [6.45, 7) is 3.93. The van der Waals surface area contributed by atoms with Crippen LogP contribution in [0.3, 0.4) is 0 Å². The number of nitrogens with zero attached hydrogens (tertiary/aromatic N) is 4. The van der Waals surface area contributed by atoms with Crippen LogP contribution in [0.2, 0.25) is 0 Å². The van der Waals surface area contributed by atoms with Gasteiger partial charge in [0.05, 0.1) is 11.8 Å². The van der Waals surface area contributed by atoms with Crippen molar-refractivity contribution in [1.82, 2.24) is 19.7 Å². The lowest BCUT2D eigenvalue weighted by molar-refractivity contribution is 0.115. The van der Waals surface area contributed by atoms with Crippen molar-refractivity contribution in [2.75, 3.05) is 18.1 Å². The first-order valence-electron chi connectivity index (χ1n) is 10.1. The van der Waals surface area contributed by atoms with Crippen LogP contribution < -0.4 is 10.5 Å². The van der Waals surface area contributed by atoms with E-state index in [-0.39, 0.29) is 17.5 Å². The minimum atomic E-state index is -0.271. The maximum absolute atomic E-state index is 13.3. The normalized spacial score (nSPS) is 16.6. The summed E-state index contributed by atoms with van der Waals surface area (Å²) in [5, 5.41) is 4.49. The first-order chi connectivity index (χ1) is 14.0. The molecule has 3 aromatic rings. The highest BCUT2D eigenvalue weighted by atomic mass is 19.1. The number of H-pyrrole nitrogens is 1. The number of hydrogen-bond donors (Lipinski definition) is 1. The Hall–Kier alpha value is -2.74. The number of anilines is 1. The van der Waals surface area contributed by atoms with E-state index < -0.39 is 0 Å². The van der Waals surface area contributed by atoms with Crippen molar-refractivity contribution in [1.29, 1.82) is 0 Å². The number of aromatic amines is 1. The lowest BCUT2D eigenvalue weighted by Gasteiger charge is -2.26. The molecule has 7 nitrogen and oxygen atoms in total. The van der Waals surface area contributed by atoms with Crippen molar-refractivity contribution in [3.8, 4) is 0 Å². The van der Waals surface area contributed by atoms with Gasteiger partial charge in [0.25, 0.3) is 5.56 Å². The predicted octanol–water partition coefficient (Wildman–Crippen LogP) is 2.93. The minimum Gasteiger partial charge on any atom is -0.376 e. The van der Waals surface area contributed by atoms with E-state index in [0.717, 1.165) is 43.5 Å². The van der Waals surface area contributed by atoms with Gasteiger partial charge in [0.2, 0.25) is 5.95 Å². The Bertz CT molecular complexity index is 1040. The molecule has 0 spiro atoms. The van der Waals surface area contributed by atoms with Crippen molar-refractivity contribution in [2.45, 2.75) is 45.3 Å². The summed E-state index contributed by atoms with van der Waals surface area (Å²) in [7, 11) is 1.76. The highest BCUT2D eigenvalue weighted by Gasteiger charge is 2.23. The van der Waals surface area contributed by atoms with Crippen LogP contribution in [0, 0.1) is 5.82 Å².